The van der Waals surface area contributed by atoms with Gasteiger partial charge in [0, 0.05) is 21.7 Å². The fraction of sp³-hybridized carbons (Fsp3) is 0.208. The number of imidazole rings is 1. The SMILES string of the molecule is CC(C)(C)c1nnc(-c2nc(-c3ccccc3Cl)n(-c3ccc(Cl)cc3)c2Cn2cncn2)s1. The first-order valence-electron chi connectivity index (χ1n) is 10.6. The molecule has 0 saturated carbocycles. The number of aromatic nitrogens is 7. The lowest BCUT2D eigenvalue weighted by Gasteiger charge is -2.14. The molecule has 0 amide bonds. The van der Waals surface area contributed by atoms with Crippen LogP contribution in [0.15, 0.2) is 61.2 Å². The topological polar surface area (TPSA) is 74.3 Å². The van der Waals surface area contributed by atoms with Crippen molar-refractivity contribution < 1.29 is 0 Å². The number of hydrogen-bond donors (Lipinski definition) is 0. The van der Waals surface area contributed by atoms with Crippen LogP contribution in [0.3, 0.4) is 0 Å². The molecule has 0 fully saturated rings. The molecule has 0 aliphatic heterocycles. The Morgan fingerprint density at radius 1 is 0.971 bits per heavy atom. The highest BCUT2D eigenvalue weighted by molar-refractivity contribution is 7.14. The maximum atomic E-state index is 6.63. The van der Waals surface area contributed by atoms with Gasteiger partial charge in [0.1, 0.15) is 29.2 Å². The van der Waals surface area contributed by atoms with E-state index in [0.29, 0.717) is 22.4 Å². The Labute approximate surface area is 211 Å². The summed E-state index contributed by atoms with van der Waals surface area (Å²) in [6.07, 6.45) is 3.19. The number of halogens is 2. The normalized spacial score (nSPS) is 11.8. The monoisotopic (exact) mass is 509 g/mol. The van der Waals surface area contributed by atoms with Crippen LogP contribution < -0.4 is 0 Å². The van der Waals surface area contributed by atoms with Crippen molar-refractivity contribution in [2.45, 2.75) is 32.7 Å². The summed E-state index contributed by atoms with van der Waals surface area (Å²) in [4.78, 5) is 9.19. The van der Waals surface area contributed by atoms with Crippen molar-refractivity contribution in [3.8, 4) is 27.8 Å². The zero-order valence-corrected chi connectivity index (χ0v) is 21.1. The molecule has 0 radical (unpaired) electrons. The van der Waals surface area contributed by atoms with Gasteiger partial charge in [0.05, 0.1) is 17.3 Å². The third-order valence-electron chi connectivity index (χ3n) is 5.22. The van der Waals surface area contributed by atoms with Crippen LogP contribution in [-0.2, 0) is 12.0 Å². The summed E-state index contributed by atoms with van der Waals surface area (Å²) in [6, 6.07) is 15.3. The van der Waals surface area contributed by atoms with Gasteiger partial charge in [-0.2, -0.15) is 5.10 Å². The second-order valence-electron chi connectivity index (χ2n) is 8.78. The quantitative estimate of drug-likeness (QED) is 0.277. The molecule has 0 aliphatic rings. The second kappa shape index (κ2) is 8.94. The summed E-state index contributed by atoms with van der Waals surface area (Å²) in [5, 5.41) is 16.2. The summed E-state index contributed by atoms with van der Waals surface area (Å²) >= 11 is 14.4. The molecule has 2 aromatic carbocycles. The van der Waals surface area contributed by atoms with E-state index in [1.165, 1.54) is 6.33 Å². The Morgan fingerprint density at radius 3 is 2.38 bits per heavy atom. The summed E-state index contributed by atoms with van der Waals surface area (Å²) in [7, 11) is 0. The van der Waals surface area contributed by atoms with Gasteiger partial charge in [0.25, 0.3) is 0 Å². The Bertz CT molecular complexity index is 1430. The summed E-state index contributed by atoms with van der Waals surface area (Å²) in [6.45, 7) is 6.79. The van der Waals surface area contributed by atoms with Crippen molar-refractivity contribution in [2.75, 3.05) is 0 Å². The van der Waals surface area contributed by atoms with Crippen LogP contribution in [0.25, 0.3) is 27.8 Å². The van der Waals surface area contributed by atoms with Crippen molar-refractivity contribution in [3.05, 3.63) is 81.9 Å². The lowest BCUT2D eigenvalue weighted by molar-refractivity contribution is 0.578. The smallest absolute Gasteiger partial charge is 0.168 e. The second-order valence-corrected chi connectivity index (χ2v) is 10.6. The largest absolute Gasteiger partial charge is 0.294 e. The number of benzene rings is 2. The van der Waals surface area contributed by atoms with Crippen LogP contribution in [0.5, 0.6) is 0 Å². The molecule has 5 rings (SSSR count). The lowest BCUT2D eigenvalue weighted by Crippen LogP contribution is -2.10. The Balaban J connectivity index is 1.80. The van der Waals surface area contributed by atoms with E-state index >= 15 is 0 Å². The van der Waals surface area contributed by atoms with Crippen molar-refractivity contribution in [3.63, 3.8) is 0 Å². The van der Waals surface area contributed by atoms with Gasteiger partial charge in [0.2, 0.25) is 0 Å². The van der Waals surface area contributed by atoms with Crippen molar-refractivity contribution in [2.24, 2.45) is 0 Å². The molecule has 0 saturated heterocycles. The summed E-state index contributed by atoms with van der Waals surface area (Å²) in [5.74, 6) is 0.700. The number of nitrogens with zero attached hydrogens (tertiary/aromatic N) is 7. The van der Waals surface area contributed by atoms with Crippen molar-refractivity contribution in [1.82, 2.24) is 34.5 Å². The van der Waals surface area contributed by atoms with Gasteiger partial charge in [0.15, 0.2) is 5.01 Å². The van der Waals surface area contributed by atoms with E-state index in [0.717, 1.165) is 32.7 Å². The first-order chi connectivity index (χ1) is 16.3. The van der Waals surface area contributed by atoms with Crippen LogP contribution in [0.1, 0.15) is 31.5 Å². The van der Waals surface area contributed by atoms with Crippen LogP contribution in [0, 0.1) is 0 Å². The maximum absolute atomic E-state index is 6.63. The first-order valence-corrected chi connectivity index (χ1v) is 12.2. The summed E-state index contributed by atoms with van der Waals surface area (Å²) in [5.41, 5.74) is 3.21. The minimum absolute atomic E-state index is 0.119. The van der Waals surface area contributed by atoms with Crippen LogP contribution in [0.4, 0.5) is 0 Å². The molecule has 0 unspecified atom stereocenters. The van der Waals surface area contributed by atoms with E-state index in [9.17, 15) is 0 Å². The third-order valence-corrected chi connectivity index (χ3v) is 7.16. The maximum Gasteiger partial charge on any atom is 0.168 e. The van der Waals surface area contributed by atoms with E-state index in [-0.39, 0.29) is 5.41 Å². The third kappa shape index (κ3) is 4.36. The lowest BCUT2D eigenvalue weighted by atomic mass is 9.98. The molecule has 5 aromatic rings. The van der Waals surface area contributed by atoms with Gasteiger partial charge < -0.3 is 0 Å². The zero-order valence-electron chi connectivity index (χ0n) is 18.8. The van der Waals surface area contributed by atoms with E-state index in [4.69, 9.17) is 28.2 Å². The molecule has 10 heteroatoms. The highest BCUT2D eigenvalue weighted by Gasteiger charge is 2.27. The van der Waals surface area contributed by atoms with Crippen LogP contribution >= 0.6 is 34.5 Å². The Hall–Kier alpha value is -3.07. The van der Waals surface area contributed by atoms with Gasteiger partial charge in [-0.05, 0) is 36.4 Å². The van der Waals surface area contributed by atoms with E-state index < -0.39 is 0 Å². The average Bonchev–Trinajstić information content (AvgIpc) is 3.55. The predicted molar refractivity (Wildman–Crippen MR) is 136 cm³/mol. The van der Waals surface area contributed by atoms with E-state index in [1.807, 2.05) is 48.5 Å². The highest BCUT2D eigenvalue weighted by atomic mass is 35.5. The van der Waals surface area contributed by atoms with Gasteiger partial charge in [-0.3, -0.25) is 4.57 Å². The molecule has 34 heavy (non-hydrogen) atoms. The van der Waals surface area contributed by atoms with Gasteiger partial charge in [-0.1, -0.05) is 67.4 Å². The van der Waals surface area contributed by atoms with Crippen molar-refractivity contribution >= 4 is 34.5 Å². The van der Waals surface area contributed by atoms with Gasteiger partial charge in [-0.15, -0.1) is 10.2 Å². The molecule has 0 atom stereocenters. The van der Waals surface area contributed by atoms with Gasteiger partial charge >= 0.3 is 0 Å². The van der Waals surface area contributed by atoms with Crippen LogP contribution in [0.2, 0.25) is 10.0 Å². The van der Waals surface area contributed by atoms with Crippen LogP contribution in [-0.4, -0.2) is 34.5 Å². The van der Waals surface area contributed by atoms with E-state index in [2.05, 4.69) is 45.6 Å². The molecule has 0 N–H and O–H groups in total. The van der Waals surface area contributed by atoms with Crippen molar-refractivity contribution in [1.29, 1.82) is 0 Å². The molecular formula is C24H21Cl2N7S. The standard InChI is InChI=1S/C24H21Cl2N7S/c1-24(2,3)23-31-30-22(34-23)20-19(12-32-14-27-13-28-32)33(16-10-8-15(25)9-11-16)21(29-20)17-6-4-5-7-18(17)26/h4-11,13-14H,12H2,1-3H3. The fourth-order valence-electron chi connectivity index (χ4n) is 3.55. The Kier molecular flexibility index (Phi) is 5.97. The minimum Gasteiger partial charge on any atom is -0.294 e. The average molecular weight is 510 g/mol. The van der Waals surface area contributed by atoms with E-state index in [1.54, 1.807) is 22.3 Å². The summed E-state index contributed by atoms with van der Waals surface area (Å²) < 4.78 is 3.84. The number of hydrogen-bond acceptors (Lipinski definition) is 6. The minimum atomic E-state index is -0.119. The number of rotatable bonds is 5. The molecule has 0 aliphatic carbocycles. The fourth-order valence-corrected chi connectivity index (χ4v) is 4.81. The molecule has 0 spiro atoms. The molecular weight excluding hydrogens is 489 g/mol. The Morgan fingerprint density at radius 2 is 1.74 bits per heavy atom. The zero-order chi connectivity index (χ0) is 23.9. The molecule has 7 nitrogen and oxygen atoms in total. The molecule has 3 aromatic heterocycles. The van der Waals surface area contributed by atoms with Gasteiger partial charge in [-0.25, -0.2) is 14.6 Å². The molecule has 0 bridgehead atoms. The molecule has 3 heterocycles. The molecule has 172 valence electrons. The predicted octanol–water partition coefficient (Wildman–Crippen LogP) is 6.30. The first kappa shape index (κ1) is 22.7. The highest BCUT2D eigenvalue weighted by Crippen LogP contribution is 2.38.